The first-order chi connectivity index (χ1) is 9.11. The Hall–Kier alpha value is -2.04. The van der Waals surface area contributed by atoms with Crippen LogP contribution in [0.4, 0.5) is 5.69 Å². The molecule has 1 aliphatic rings. The Balaban J connectivity index is 2.04. The second-order valence-corrected chi connectivity index (χ2v) is 4.50. The van der Waals surface area contributed by atoms with Crippen molar-refractivity contribution in [2.45, 2.75) is 19.8 Å². The zero-order chi connectivity index (χ0) is 13.8. The number of benzene rings is 1. The van der Waals surface area contributed by atoms with E-state index in [-0.39, 0.29) is 18.4 Å². The van der Waals surface area contributed by atoms with E-state index in [1.807, 2.05) is 25.1 Å². The van der Waals surface area contributed by atoms with Gasteiger partial charge in [0.05, 0.1) is 5.69 Å². The van der Waals surface area contributed by atoms with Crippen molar-refractivity contribution >= 4 is 17.5 Å². The molecule has 2 rings (SSSR count). The van der Waals surface area contributed by atoms with Gasteiger partial charge in [-0.25, -0.2) is 0 Å². The molecule has 2 amide bonds. The molecule has 102 valence electrons. The fraction of sp³-hybridized carbons (Fsp3) is 0.429. The third-order valence-electron chi connectivity index (χ3n) is 3.17. The summed E-state index contributed by atoms with van der Waals surface area (Å²) in [7, 11) is 1.74. The fourth-order valence-corrected chi connectivity index (χ4v) is 1.94. The summed E-state index contributed by atoms with van der Waals surface area (Å²) < 4.78 is 5.36. The summed E-state index contributed by atoms with van der Waals surface area (Å²) in [5.41, 5.74) is 1.86. The first-order valence-electron chi connectivity index (χ1n) is 6.40. The van der Waals surface area contributed by atoms with Gasteiger partial charge in [-0.05, 0) is 24.1 Å². The van der Waals surface area contributed by atoms with Gasteiger partial charge in [-0.1, -0.05) is 13.0 Å². The number of fused-ring (bicyclic) bond motifs is 1. The SMILES string of the molecule is CCC(=O)NCCc1ccc2c(c1)N(C)C(=O)CO2. The van der Waals surface area contributed by atoms with Crippen molar-refractivity contribution in [3.05, 3.63) is 23.8 Å². The van der Waals surface area contributed by atoms with Crippen molar-refractivity contribution in [3.63, 3.8) is 0 Å². The number of anilines is 1. The number of nitrogens with one attached hydrogen (secondary N) is 1. The molecule has 1 aromatic carbocycles. The monoisotopic (exact) mass is 262 g/mol. The lowest BCUT2D eigenvalue weighted by Crippen LogP contribution is -2.35. The minimum absolute atomic E-state index is 0.0496. The van der Waals surface area contributed by atoms with Crippen LogP contribution in [0.2, 0.25) is 0 Å². The lowest BCUT2D eigenvalue weighted by atomic mass is 10.1. The molecule has 0 radical (unpaired) electrons. The number of amides is 2. The third kappa shape index (κ3) is 3.05. The molecular formula is C14H18N2O3. The predicted octanol–water partition coefficient (Wildman–Crippen LogP) is 1.11. The highest BCUT2D eigenvalue weighted by Gasteiger charge is 2.22. The Morgan fingerprint density at radius 2 is 2.26 bits per heavy atom. The van der Waals surface area contributed by atoms with Gasteiger partial charge < -0.3 is 15.0 Å². The third-order valence-corrected chi connectivity index (χ3v) is 3.17. The maximum Gasteiger partial charge on any atom is 0.264 e. The van der Waals surface area contributed by atoms with Gasteiger partial charge in [-0.2, -0.15) is 0 Å². The Bertz CT molecular complexity index is 499. The van der Waals surface area contributed by atoms with Gasteiger partial charge in [0.15, 0.2) is 6.61 Å². The van der Waals surface area contributed by atoms with E-state index in [1.54, 1.807) is 11.9 Å². The minimum Gasteiger partial charge on any atom is -0.482 e. The molecule has 0 spiro atoms. The number of rotatable bonds is 4. The molecule has 1 aromatic rings. The standard InChI is InChI=1S/C14H18N2O3/c1-3-13(17)15-7-6-10-4-5-12-11(8-10)16(2)14(18)9-19-12/h4-5,8H,3,6-7,9H2,1-2H3,(H,15,17). The number of ether oxygens (including phenoxy) is 1. The van der Waals surface area contributed by atoms with Crippen molar-refractivity contribution in [2.24, 2.45) is 0 Å². The van der Waals surface area contributed by atoms with Crippen LogP contribution in [0, 0.1) is 0 Å². The largest absolute Gasteiger partial charge is 0.482 e. The summed E-state index contributed by atoms with van der Waals surface area (Å²) in [6.07, 6.45) is 1.23. The predicted molar refractivity (Wildman–Crippen MR) is 72.4 cm³/mol. The van der Waals surface area contributed by atoms with E-state index in [1.165, 1.54) is 0 Å². The van der Waals surface area contributed by atoms with Crippen LogP contribution in [0.25, 0.3) is 0 Å². The molecule has 0 atom stereocenters. The summed E-state index contributed by atoms with van der Waals surface area (Å²) in [6.45, 7) is 2.52. The van der Waals surface area contributed by atoms with Crippen LogP contribution in [0.15, 0.2) is 18.2 Å². The number of carbonyl (C=O) groups is 2. The quantitative estimate of drug-likeness (QED) is 0.884. The van der Waals surface area contributed by atoms with Gasteiger partial charge in [0.1, 0.15) is 5.75 Å². The number of hydrogen-bond acceptors (Lipinski definition) is 3. The van der Waals surface area contributed by atoms with Crippen LogP contribution in [0.3, 0.4) is 0 Å². The van der Waals surface area contributed by atoms with Gasteiger partial charge in [-0.3, -0.25) is 9.59 Å². The van der Waals surface area contributed by atoms with Gasteiger partial charge in [-0.15, -0.1) is 0 Å². The van der Waals surface area contributed by atoms with Crippen molar-refractivity contribution in [2.75, 3.05) is 25.1 Å². The molecule has 1 heterocycles. The van der Waals surface area contributed by atoms with Gasteiger partial charge in [0.2, 0.25) is 5.91 Å². The number of nitrogens with zero attached hydrogens (tertiary/aromatic N) is 1. The molecule has 0 saturated carbocycles. The van der Waals surface area contributed by atoms with E-state index in [0.717, 1.165) is 23.4 Å². The molecular weight excluding hydrogens is 244 g/mol. The highest BCUT2D eigenvalue weighted by Crippen LogP contribution is 2.31. The van der Waals surface area contributed by atoms with Crippen molar-refractivity contribution < 1.29 is 14.3 Å². The summed E-state index contributed by atoms with van der Waals surface area (Å²) in [5.74, 6) is 0.723. The molecule has 5 nitrogen and oxygen atoms in total. The first kappa shape index (κ1) is 13.4. The molecule has 0 aromatic heterocycles. The van der Waals surface area contributed by atoms with Crippen LogP contribution >= 0.6 is 0 Å². The summed E-state index contributed by atoms with van der Waals surface area (Å²) >= 11 is 0. The van der Waals surface area contributed by atoms with Crippen molar-refractivity contribution in [1.29, 1.82) is 0 Å². The van der Waals surface area contributed by atoms with E-state index >= 15 is 0 Å². The fourth-order valence-electron chi connectivity index (χ4n) is 1.94. The van der Waals surface area contributed by atoms with E-state index < -0.39 is 0 Å². The minimum atomic E-state index is -0.0519. The smallest absolute Gasteiger partial charge is 0.264 e. The molecule has 1 aliphatic heterocycles. The zero-order valence-corrected chi connectivity index (χ0v) is 11.2. The molecule has 0 unspecified atom stereocenters. The molecule has 0 saturated heterocycles. The van der Waals surface area contributed by atoms with E-state index in [9.17, 15) is 9.59 Å². The Morgan fingerprint density at radius 3 is 3.00 bits per heavy atom. The lowest BCUT2D eigenvalue weighted by Gasteiger charge is -2.26. The van der Waals surface area contributed by atoms with E-state index in [2.05, 4.69) is 5.32 Å². The normalized spacial score (nSPS) is 13.8. The lowest BCUT2D eigenvalue weighted by molar-refractivity contribution is -0.121. The summed E-state index contributed by atoms with van der Waals surface area (Å²) in [6, 6.07) is 5.76. The maximum absolute atomic E-state index is 11.6. The summed E-state index contributed by atoms with van der Waals surface area (Å²) in [4.78, 5) is 24.3. The van der Waals surface area contributed by atoms with E-state index in [0.29, 0.717) is 13.0 Å². The molecule has 5 heteroatoms. The molecule has 0 fully saturated rings. The number of hydrogen-bond donors (Lipinski definition) is 1. The second-order valence-electron chi connectivity index (χ2n) is 4.50. The highest BCUT2D eigenvalue weighted by molar-refractivity contribution is 5.97. The Morgan fingerprint density at radius 1 is 1.47 bits per heavy atom. The van der Waals surface area contributed by atoms with Gasteiger partial charge in [0.25, 0.3) is 5.91 Å². The highest BCUT2D eigenvalue weighted by atomic mass is 16.5. The first-order valence-corrected chi connectivity index (χ1v) is 6.40. The van der Waals surface area contributed by atoms with Crippen LogP contribution in [-0.4, -0.2) is 32.0 Å². The number of likely N-dealkylation sites (N-methyl/N-ethyl adjacent to an activating group) is 1. The summed E-state index contributed by atoms with van der Waals surface area (Å²) in [5, 5.41) is 2.83. The Labute approximate surface area is 112 Å². The van der Waals surface area contributed by atoms with E-state index in [4.69, 9.17) is 4.74 Å². The zero-order valence-electron chi connectivity index (χ0n) is 11.2. The molecule has 0 bridgehead atoms. The van der Waals surface area contributed by atoms with Crippen LogP contribution in [0.1, 0.15) is 18.9 Å². The van der Waals surface area contributed by atoms with Crippen LogP contribution in [-0.2, 0) is 16.0 Å². The maximum atomic E-state index is 11.6. The second kappa shape index (κ2) is 5.73. The molecule has 0 aliphatic carbocycles. The topological polar surface area (TPSA) is 58.6 Å². The van der Waals surface area contributed by atoms with Gasteiger partial charge in [0, 0.05) is 20.0 Å². The van der Waals surface area contributed by atoms with Crippen LogP contribution < -0.4 is 15.0 Å². The Kier molecular flexibility index (Phi) is 4.04. The van der Waals surface area contributed by atoms with Gasteiger partial charge >= 0.3 is 0 Å². The average Bonchev–Trinajstić information content (AvgIpc) is 2.43. The molecule has 19 heavy (non-hydrogen) atoms. The van der Waals surface area contributed by atoms with Crippen LogP contribution in [0.5, 0.6) is 5.75 Å². The average molecular weight is 262 g/mol. The van der Waals surface area contributed by atoms with Crippen molar-refractivity contribution in [3.8, 4) is 5.75 Å². The number of carbonyl (C=O) groups excluding carboxylic acids is 2. The van der Waals surface area contributed by atoms with Crippen molar-refractivity contribution in [1.82, 2.24) is 5.32 Å². The molecule has 1 N–H and O–H groups in total.